The molecule has 2 aromatic rings. The molecule has 0 bridgehead atoms. The Bertz CT molecular complexity index is 941. The van der Waals surface area contributed by atoms with Crippen LogP contribution in [0.25, 0.3) is 0 Å². The highest BCUT2D eigenvalue weighted by Crippen LogP contribution is 2.37. The number of nitrogens with zero attached hydrogens (tertiary/aromatic N) is 1. The number of carbonyl (C=O) groups excluding carboxylic acids is 2. The average molecular weight is 341 g/mol. The maximum atomic E-state index is 12.9. The first-order valence-electron chi connectivity index (χ1n) is 7.71. The summed E-state index contributed by atoms with van der Waals surface area (Å²) >= 11 is 0. The number of methoxy groups -OCH3 is 1. The van der Waals surface area contributed by atoms with Crippen LogP contribution in [-0.2, 0) is 4.74 Å². The summed E-state index contributed by atoms with van der Waals surface area (Å²) in [6.07, 6.45) is 1.31. The van der Waals surface area contributed by atoms with Crippen molar-refractivity contribution >= 4 is 17.5 Å². The third kappa shape index (κ3) is 2.12. The third-order valence-electron chi connectivity index (χ3n) is 4.42. The van der Waals surface area contributed by atoms with Gasteiger partial charge in [-0.1, -0.05) is 0 Å². The first-order valence-corrected chi connectivity index (χ1v) is 7.71. The number of aliphatic hydroxyl groups is 1. The van der Waals surface area contributed by atoms with Crippen LogP contribution in [0.4, 0.5) is 0 Å². The van der Waals surface area contributed by atoms with Gasteiger partial charge in [0.15, 0.2) is 5.76 Å². The highest BCUT2D eigenvalue weighted by molar-refractivity contribution is 6.30. The molecule has 0 amide bonds. The second kappa shape index (κ2) is 5.29. The molecule has 1 aromatic carbocycles. The van der Waals surface area contributed by atoms with Crippen molar-refractivity contribution < 1.29 is 28.6 Å². The maximum Gasteiger partial charge on any atom is 0.230 e. The van der Waals surface area contributed by atoms with Crippen LogP contribution in [0.2, 0.25) is 0 Å². The maximum absolute atomic E-state index is 12.9. The van der Waals surface area contributed by atoms with Gasteiger partial charge in [-0.2, -0.15) is 0 Å². The van der Waals surface area contributed by atoms with Crippen LogP contribution >= 0.6 is 0 Å². The van der Waals surface area contributed by atoms with E-state index >= 15 is 0 Å². The molecule has 0 spiro atoms. The molecule has 0 radical (unpaired) electrons. The summed E-state index contributed by atoms with van der Waals surface area (Å²) in [4.78, 5) is 30.1. The molecule has 1 unspecified atom stereocenters. The molecule has 1 aromatic heterocycles. The molecule has 1 aliphatic heterocycles. The molecular formula is C18H15NO6. The summed E-state index contributed by atoms with van der Waals surface area (Å²) < 4.78 is 16.1. The summed E-state index contributed by atoms with van der Waals surface area (Å²) in [5, 5.41) is 9.46. The summed E-state index contributed by atoms with van der Waals surface area (Å²) in [5.41, 5.74) is 0.131. The van der Waals surface area contributed by atoms with Gasteiger partial charge in [0.1, 0.15) is 17.9 Å². The van der Waals surface area contributed by atoms with E-state index in [1.54, 1.807) is 19.1 Å². The van der Waals surface area contributed by atoms with E-state index < -0.39 is 11.3 Å². The van der Waals surface area contributed by atoms with E-state index in [1.165, 1.54) is 19.4 Å². The van der Waals surface area contributed by atoms with Crippen LogP contribution in [0.3, 0.4) is 0 Å². The standard InChI is InChI=1S/C18H15NO6/c1-18(7-20)8-25-17(19-18)9-3-4-11(23-2)13-12(9)15(22)16-10(14(13)21)5-6-24-16/h3-6,20H,7-8H2,1-2H3. The molecule has 0 fully saturated rings. The molecule has 2 aliphatic rings. The molecule has 4 rings (SSSR count). The number of aliphatic hydroxyl groups excluding tert-OH is 1. The minimum absolute atomic E-state index is 0.00415. The van der Waals surface area contributed by atoms with Gasteiger partial charge in [0.2, 0.25) is 17.5 Å². The molecule has 1 atom stereocenters. The van der Waals surface area contributed by atoms with Crippen LogP contribution in [0, 0.1) is 0 Å². The molecular weight excluding hydrogens is 326 g/mol. The van der Waals surface area contributed by atoms with Crippen molar-refractivity contribution in [1.82, 2.24) is 0 Å². The molecule has 0 saturated heterocycles. The molecule has 128 valence electrons. The SMILES string of the molecule is COc1ccc(C2=NC(C)(CO)CO2)c2c1C(=O)c1ccoc1C2=O. The summed E-state index contributed by atoms with van der Waals surface area (Å²) in [6.45, 7) is 1.74. The topological polar surface area (TPSA) is 98.3 Å². The minimum atomic E-state index is -0.778. The fraction of sp³-hybridized carbons (Fsp3) is 0.278. The number of fused-ring (bicyclic) bond motifs is 2. The molecule has 0 saturated carbocycles. The Morgan fingerprint density at radius 3 is 2.68 bits per heavy atom. The van der Waals surface area contributed by atoms with Gasteiger partial charge < -0.3 is 19.0 Å². The van der Waals surface area contributed by atoms with Crippen molar-refractivity contribution in [3.8, 4) is 5.75 Å². The first kappa shape index (κ1) is 15.6. The Labute approximate surface area is 142 Å². The zero-order valence-electron chi connectivity index (χ0n) is 13.7. The van der Waals surface area contributed by atoms with Gasteiger partial charge in [-0.25, -0.2) is 4.99 Å². The van der Waals surface area contributed by atoms with Crippen LogP contribution in [0.5, 0.6) is 5.75 Å². The number of aliphatic imine (C=N–C) groups is 1. The smallest absolute Gasteiger partial charge is 0.230 e. The van der Waals surface area contributed by atoms with Crippen LogP contribution in [0.1, 0.15) is 44.5 Å². The number of rotatable bonds is 3. The van der Waals surface area contributed by atoms with Gasteiger partial charge in [0, 0.05) is 5.56 Å². The van der Waals surface area contributed by atoms with Crippen LogP contribution in [0.15, 0.2) is 33.9 Å². The predicted molar refractivity (Wildman–Crippen MR) is 86.5 cm³/mol. The zero-order valence-corrected chi connectivity index (χ0v) is 13.7. The zero-order chi connectivity index (χ0) is 17.8. The largest absolute Gasteiger partial charge is 0.496 e. The fourth-order valence-electron chi connectivity index (χ4n) is 3.06. The van der Waals surface area contributed by atoms with Gasteiger partial charge in [0.05, 0.1) is 36.7 Å². The third-order valence-corrected chi connectivity index (χ3v) is 4.42. The molecule has 7 heteroatoms. The van der Waals surface area contributed by atoms with E-state index in [4.69, 9.17) is 13.9 Å². The Morgan fingerprint density at radius 1 is 1.20 bits per heavy atom. The average Bonchev–Trinajstić information content (AvgIpc) is 3.26. The van der Waals surface area contributed by atoms with E-state index in [2.05, 4.69) is 4.99 Å². The Balaban J connectivity index is 1.97. The van der Waals surface area contributed by atoms with Gasteiger partial charge in [-0.3, -0.25) is 9.59 Å². The van der Waals surface area contributed by atoms with Crippen molar-refractivity contribution in [3.05, 3.63) is 52.5 Å². The minimum Gasteiger partial charge on any atom is -0.496 e. The molecule has 25 heavy (non-hydrogen) atoms. The van der Waals surface area contributed by atoms with Gasteiger partial charge >= 0.3 is 0 Å². The number of benzene rings is 1. The normalized spacial score (nSPS) is 21.5. The van der Waals surface area contributed by atoms with E-state index in [0.29, 0.717) is 11.3 Å². The van der Waals surface area contributed by atoms with Gasteiger partial charge in [-0.15, -0.1) is 0 Å². The Hall–Kier alpha value is -2.93. The summed E-state index contributed by atoms with van der Waals surface area (Å²) in [7, 11) is 1.43. The van der Waals surface area contributed by atoms with Crippen LogP contribution in [-0.4, -0.2) is 48.4 Å². The Morgan fingerprint density at radius 2 is 2.00 bits per heavy atom. The second-order valence-corrected chi connectivity index (χ2v) is 6.25. The lowest BCUT2D eigenvalue weighted by molar-refractivity contribution is 0.0957. The molecule has 7 nitrogen and oxygen atoms in total. The molecule has 2 heterocycles. The van der Waals surface area contributed by atoms with Crippen LogP contribution < -0.4 is 4.74 Å². The number of hydrogen-bond acceptors (Lipinski definition) is 7. The monoisotopic (exact) mass is 341 g/mol. The summed E-state index contributed by atoms with van der Waals surface area (Å²) in [6, 6.07) is 4.70. The van der Waals surface area contributed by atoms with E-state index in [9.17, 15) is 14.7 Å². The number of carbonyl (C=O) groups is 2. The van der Waals surface area contributed by atoms with E-state index in [-0.39, 0.29) is 47.3 Å². The van der Waals surface area contributed by atoms with Crippen molar-refractivity contribution in [2.45, 2.75) is 12.5 Å². The van der Waals surface area contributed by atoms with Crippen molar-refractivity contribution in [2.24, 2.45) is 4.99 Å². The van der Waals surface area contributed by atoms with Crippen molar-refractivity contribution in [3.63, 3.8) is 0 Å². The number of ether oxygens (including phenoxy) is 2. The fourth-order valence-corrected chi connectivity index (χ4v) is 3.06. The number of ketones is 2. The number of hydrogen-bond donors (Lipinski definition) is 1. The first-order chi connectivity index (χ1) is 12.0. The second-order valence-electron chi connectivity index (χ2n) is 6.25. The van der Waals surface area contributed by atoms with Crippen molar-refractivity contribution in [2.75, 3.05) is 20.3 Å². The van der Waals surface area contributed by atoms with Gasteiger partial charge in [0.25, 0.3) is 0 Å². The van der Waals surface area contributed by atoms with Crippen molar-refractivity contribution in [1.29, 1.82) is 0 Å². The van der Waals surface area contributed by atoms with E-state index in [0.717, 1.165) is 0 Å². The lowest BCUT2D eigenvalue weighted by atomic mass is 9.85. The predicted octanol–water partition coefficient (Wildman–Crippen LogP) is 1.59. The summed E-state index contributed by atoms with van der Waals surface area (Å²) in [5.74, 6) is -0.262. The number of furan rings is 1. The lowest BCUT2D eigenvalue weighted by Crippen LogP contribution is -2.28. The quantitative estimate of drug-likeness (QED) is 0.777. The van der Waals surface area contributed by atoms with Gasteiger partial charge in [-0.05, 0) is 25.1 Å². The highest BCUT2D eigenvalue weighted by Gasteiger charge is 2.40. The highest BCUT2D eigenvalue weighted by atomic mass is 16.5. The van der Waals surface area contributed by atoms with E-state index in [1.807, 2.05) is 0 Å². The molecule has 1 N–H and O–H groups in total. The lowest BCUT2D eigenvalue weighted by Gasteiger charge is -2.19. The Kier molecular flexibility index (Phi) is 3.30. The molecule has 1 aliphatic carbocycles.